The van der Waals surface area contributed by atoms with Crippen LogP contribution in [0.15, 0.2) is 24.5 Å². The highest BCUT2D eigenvalue weighted by Crippen LogP contribution is 2.26. The molecule has 0 atom stereocenters. The Labute approximate surface area is 134 Å². The number of rotatable bonds is 5. The summed E-state index contributed by atoms with van der Waals surface area (Å²) in [6.45, 7) is 3.64. The zero-order valence-corrected chi connectivity index (χ0v) is 13.6. The average molecular weight is 317 g/mol. The van der Waals surface area contributed by atoms with Gasteiger partial charge in [0.25, 0.3) is 0 Å². The fourth-order valence-corrected chi connectivity index (χ4v) is 2.12. The Morgan fingerprint density at radius 3 is 2.57 bits per heavy atom. The molecule has 6 nitrogen and oxygen atoms in total. The van der Waals surface area contributed by atoms with Crippen LogP contribution in [0.4, 0.5) is 16.0 Å². The summed E-state index contributed by atoms with van der Waals surface area (Å²) >= 11 is 0. The van der Waals surface area contributed by atoms with Gasteiger partial charge in [-0.25, -0.2) is 14.4 Å². The Balaban J connectivity index is 2.44. The van der Waals surface area contributed by atoms with Crippen molar-refractivity contribution in [3.8, 4) is 5.75 Å². The van der Waals surface area contributed by atoms with Crippen LogP contribution in [0.25, 0.3) is 0 Å². The molecule has 0 aliphatic heterocycles. The second-order valence-electron chi connectivity index (χ2n) is 5.54. The molecule has 7 heteroatoms. The lowest BCUT2D eigenvalue weighted by Crippen LogP contribution is -2.19. The van der Waals surface area contributed by atoms with Gasteiger partial charge in [0.05, 0.1) is 17.4 Å². The number of nitrogens with two attached hydrogens (primary N) is 1. The lowest BCUT2D eigenvalue weighted by atomic mass is 10.0. The summed E-state index contributed by atoms with van der Waals surface area (Å²) in [6, 6.07) is 4.38. The monoisotopic (exact) mass is 317 g/mol. The van der Waals surface area contributed by atoms with Crippen molar-refractivity contribution in [1.82, 2.24) is 9.97 Å². The lowest BCUT2D eigenvalue weighted by Gasteiger charge is -2.18. The van der Waals surface area contributed by atoms with E-state index >= 15 is 0 Å². The van der Waals surface area contributed by atoms with Gasteiger partial charge in [-0.05, 0) is 32.0 Å². The van der Waals surface area contributed by atoms with E-state index in [1.165, 1.54) is 18.5 Å². The van der Waals surface area contributed by atoms with Crippen molar-refractivity contribution in [2.24, 2.45) is 0 Å². The number of ether oxygens (including phenoxy) is 1. The first-order chi connectivity index (χ1) is 10.8. The van der Waals surface area contributed by atoms with Crippen molar-refractivity contribution in [2.45, 2.75) is 20.0 Å². The zero-order chi connectivity index (χ0) is 17.1. The summed E-state index contributed by atoms with van der Waals surface area (Å²) < 4.78 is 19.5. The Hall–Kier alpha value is -2.70. The third kappa shape index (κ3) is 3.56. The van der Waals surface area contributed by atoms with Crippen LogP contribution in [-0.4, -0.2) is 35.9 Å². The van der Waals surface area contributed by atoms with Crippen LogP contribution in [0.1, 0.15) is 25.0 Å². The van der Waals surface area contributed by atoms with E-state index in [0.717, 1.165) is 0 Å². The van der Waals surface area contributed by atoms with Crippen molar-refractivity contribution in [2.75, 3.05) is 24.7 Å². The molecule has 2 rings (SSSR count). The summed E-state index contributed by atoms with van der Waals surface area (Å²) in [7, 11) is 3.58. The van der Waals surface area contributed by atoms with Crippen LogP contribution in [0, 0.1) is 11.2 Å². The number of hydrogen-bond donors (Lipinski definition) is 2. The molecule has 0 amide bonds. The number of halogens is 1. The molecule has 0 fully saturated rings. The van der Waals surface area contributed by atoms with E-state index in [1.54, 1.807) is 25.1 Å². The van der Waals surface area contributed by atoms with Gasteiger partial charge in [0.1, 0.15) is 18.0 Å². The number of nitrogens with one attached hydrogen (secondary N) is 1. The van der Waals surface area contributed by atoms with Gasteiger partial charge in [-0.15, -0.1) is 0 Å². The molecule has 1 aromatic carbocycles. The number of anilines is 2. The molecule has 1 heterocycles. The maximum absolute atomic E-state index is 14.2. The van der Waals surface area contributed by atoms with Crippen LogP contribution in [0.5, 0.6) is 5.75 Å². The SMILES string of the molecule is CC(C)Oc1ccc(C(=N)c2c(N)ncnc2N(C)C)cc1F. The molecule has 0 saturated heterocycles. The smallest absolute Gasteiger partial charge is 0.165 e. The van der Waals surface area contributed by atoms with Crippen molar-refractivity contribution in [3.63, 3.8) is 0 Å². The van der Waals surface area contributed by atoms with Crippen LogP contribution < -0.4 is 15.4 Å². The summed E-state index contributed by atoms with van der Waals surface area (Å²) in [5.41, 5.74) is 6.70. The van der Waals surface area contributed by atoms with E-state index in [4.69, 9.17) is 15.9 Å². The minimum absolute atomic E-state index is 0.0572. The molecule has 0 bridgehead atoms. The van der Waals surface area contributed by atoms with Crippen molar-refractivity contribution < 1.29 is 9.13 Å². The number of aromatic nitrogens is 2. The molecule has 122 valence electrons. The molecule has 2 aromatic rings. The van der Waals surface area contributed by atoms with Gasteiger partial charge in [0, 0.05) is 19.7 Å². The topological polar surface area (TPSA) is 88.1 Å². The molecule has 1 aromatic heterocycles. The molecule has 0 aliphatic rings. The normalized spacial score (nSPS) is 10.7. The van der Waals surface area contributed by atoms with Crippen LogP contribution in [-0.2, 0) is 0 Å². The predicted octanol–water partition coefficient (Wildman–Crippen LogP) is 2.47. The molecule has 0 unspecified atom stereocenters. The number of nitrogens with zero attached hydrogens (tertiary/aromatic N) is 3. The minimum Gasteiger partial charge on any atom is -0.488 e. The molecular weight excluding hydrogens is 297 g/mol. The molecule has 0 radical (unpaired) electrons. The van der Waals surface area contributed by atoms with E-state index in [0.29, 0.717) is 16.9 Å². The third-order valence-corrected chi connectivity index (χ3v) is 3.11. The second-order valence-corrected chi connectivity index (χ2v) is 5.54. The first-order valence-electron chi connectivity index (χ1n) is 7.14. The highest BCUT2D eigenvalue weighted by Gasteiger charge is 2.18. The maximum Gasteiger partial charge on any atom is 0.165 e. The Bertz CT molecular complexity index is 730. The van der Waals surface area contributed by atoms with Crippen LogP contribution in [0.3, 0.4) is 0 Å². The molecular formula is C16H20FN5O. The number of benzene rings is 1. The number of nitrogen functional groups attached to an aromatic ring is 1. The van der Waals surface area contributed by atoms with E-state index in [-0.39, 0.29) is 23.4 Å². The Kier molecular flexibility index (Phi) is 4.78. The van der Waals surface area contributed by atoms with E-state index in [9.17, 15) is 4.39 Å². The van der Waals surface area contributed by atoms with Gasteiger partial charge >= 0.3 is 0 Å². The second kappa shape index (κ2) is 6.60. The van der Waals surface area contributed by atoms with Crippen molar-refractivity contribution in [3.05, 3.63) is 41.5 Å². The third-order valence-electron chi connectivity index (χ3n) is 3.11. The summed E-state index contributed by atoms with van der Waals surface area (Å²) in [6.07, 6.45) is 1.20. The standard InChI is InChI=1S/C16H20FN5O/c1-9(2)23-12-6-5-10(7-11(12)17)14(18)13-15(19)20-8-21-16(13)22(3)4/h5-9,18H,1-4H3,(H2,19,20,21). The van der Waals surface area contributed by atoms with Gasteiger partial charge in [0.2, 0.25) is 0 Å². The van der Waals surface area contributed by atoms with Gasteiger partial charge in [-0.1, -0.05) is 0 Å². The molecule has 0 aliphatic carbocycles. The minimum atomic E-state index is -0.525. The van der Waals surface area contributed by atoms with Gasteiger partial charge in [-0.2, -0.15) is 0 Å². The number of hydrogen-bond acceptors (Lipinski definition) is 6. The van der Waals surface area contributed by atoms with E-state index < -0.39 is 5.82 Å². The fraction of sp³-hybridized carbons (Fsp3) is 0.312. The zero-order valence-electron chi connectivity index (χ0n) is 13.6. The predicted molar refractivity (Wildman–Crippen MR) is 88.9 cm³/mol. The largest absolute Gasteiger partial charge is 0.488 e. The molecule has 3 N–H and O–H groups in total. The van der Waals surface area contributed by atoms with Gasteiger partial charge in [-0.3, -0.25) is 5.41 Å². The van der Waals surface area contributed by atoms with Gasteiger partial charge < -0.3 is 15.4 Å². The first kappa shape index (κ1) is 16.7. The Morgan fingerprint density at radius 2 is 2.00 bits per heavy atom. The average Bonchev–Trinajstić information content (AvgIpc) is 2.47. The highest BCUT2D eigenvalue weighted by molar-refractivity contribution is 6.16. The summed E-state index contributed by atoms with van der Waals surface area (Å²) in [5.74, 6) is 0.312. The summed E-state index contributed by atoms with van der Waals surface area (Å²) in [4.78, 5) is 9.80. The quantitative estimate of drug-likeness (QED) is 0.827. The maximum atomic E-state index is 14.2. The van der Waals surface area contributed by atoms with E-state index in [2.05, 4.69) is 9.97 Å². The fourth-order valence-electron chi connectivity index (χ4n) is 2.12. The molecule has 0 spiro atoms. The lowest BCUT2D eigenvalue weighted by molar-refractivity contribution is 0.231. The first-order valence-corrected chi connectivity index (χ1v) is 7.14. The van der Waals surface area contributed by atoms with Crippen molar-refractivity contribution in [1.29, 1.82) is 5.41 Å². The van der Waals surface area contributed by atoms with Gasteiger partial charge in [0.15, 0.2) is 11.6 Å². The Morgan fingerprint density at radius 1 is 1.30 bits per heavy atom. The van der Waals surface area contributed by atoms with Crippen LogP contribution in [0.2, 0.25) is 0 Å². The summed E-state index contributed by atoms with van der Waals surface area (Å²) in [5, 5.41) is 8.36. The van der Waals surface area contributed by atoms with E-state index in [1.807, 2.05) is 13.8 Å². The molecule has 0 saturated carbocycles. The van der Waals surface area contributed by atoms with Crippen molar-refractivity contribution >= 4 is 17.3 Å². The van der Waals surface area contributed by atoms with Crippen LogP contribution >= 0.6 is 0 Å². The highest BCUT2D eigenvalue weighted by atomic mass is 19.1. The molecule has 23 heavy (non-hydrogen) atoms.